The van der Waals surface area contributed by atoms with E-state index in [1.807, 2.05) is 30.3 Å². The third-order valence-corrected chi connectivity index (χ3v) is 6.70. The molecule has 1 fully saturated rings. The summed E-state index contributed by atoms with van der Waals surface area (Å²) >= 11 is 0. The first-order valence-corrected chi connectivity index (χ1v) is 11.8. The van der Waals surface area contributed by atoms with Crippen LogP contribution in [0.2, 0.25) is 0 Å². The molecular weight excluding hydrogens is 372 g/mol. The van der Waals surface area contributed by atoms with Gasteiger partial charge in [-0.15, -0.1) is 0 Å². The van der Waals surface area contributed by atoms with Crippen LogP contribution in [0, 0.1) is 29.6 Å². The molecule has 0 bridgehead atoms. The largest absolute Gasteiger partial charge is 0.348 e. The number of hydrogen-bond acceptors (Lipinski definition) is 3. The third kappa shape index (κ3) is 7.23. The molecule has 1 saturated carbocycles. The van der Waals surface area contributed by atoms with Gasteiger partial charge in [-0.05, 0) is 54.9 Å². The van der Waals surface area contributed by atoms with Crippen molar-refractivity contribution in [1.82, 2.24) is 5.32 Å². The lowest BCUT2D eigenvalue weighted by Crippen LogP contribution is -2.43. The van der Waals surface area contributed by atoms with Crippen LogP contribution in [0.5, 0.6) is 0 Å². The Labute approximate surface area is 183 Å². The molecule has 30 heavy (non-hydrogen) atoms. The van der Waals surface area contributed by atoms with E-state index >= 15 is 0 Å². The highest BCUT2D eigenvalue weighted by molar-refractivity contribution is 5.83. The Balaban J connectivity index is 2.06. The van der Waals surface area contributed by atoms with Crippen molar-refractivity contribution in [2.45, 2.75) is 85.2 Å². The summed E-state index contributed by atoms with van der Waals surface area (Å²) < 4.78 is 0. The van der Waals surface area contributed by atoms with E-state index in [4.69, 9.17) is 5.73 Å². The van der Waals surface area contributed by atoms with E-state index in [9.17, 15) is 9.59 Å². The first-order valence-electron chi connectivity index (χ1n) is 11.8. The Hall–Kier alpha value is -1.68. The Morgan fingerprint density at radius 3 is 2.37 bits per heavy atom. The zero-order valence-corrected chi connectivity index (χ0v) is 19.6. The number of nitrogens with one attached hydrogen (secondary N) is 1. The van der Waals surface area contributed by atoms with Crippen LogP contribution in [0.1, 0.15) is 84.7 Å². The number of amides is 1. The van der Waals surface area contributed by atoms with Gasteiger partial charge in [0.15, 0.2) is 0 Å². The van der Waals surface area contributed by atoms with Gasteiger partial charge < -0.3 is 11.1 Å². The Morgan fingerprint density at radius 2 is 1.77 bits per heavy atom. The van der Waals surface area contributed by atoms with Crippen LogP contribution in [0.15, 0.2) is 30.3 Å². The molecule has 0 radical (unpaired) electrons. The number of carbonyl (C=O) groups excluding carboxylic acids is 2. The molecule has 1 aromatic rings. The van der Waals surface area contributed by atoms with Gasteiger partial charge in [-0.25, -0.2) is 0 Å². The highest BCUT2D eigenvalue weighted by Crippen LogP contribution is 2.39. The second-order valence-electron chi connectivity index (χ2n) is 10.1. The van der Waals surface area contributed by atoms with Gasteiger partial charge >= 0.3 is 0 Å². The van der Waals surface area contributed by atoms with Gasteiger partial charge in [-0.2, -0.15) is 0 Å². The van der Waals surface area contributed by atoms with Crippen LogP contribution in [-0.2, 0) is 9.59 Å². The molecule has 1 amide bonds. The molecule has 5 atom stereocenters. The Bertz CT molecular complexity index is 671. The summed E-state index contributed by atoms with van der Waals surface area (Å²) in [6.45, 7) is 10.9. The molecule has 0 spiro atoms. The molecule has 3 N–H and O–H groups in total. The highest BCUT2D eigenvalue weighted by atomic mass is 16.2. The predicted octanol–water partition coefficient (Wildman–Crippen LogP) is 5.28. The molecule has 0 saturated heterocycles. The van der Waals surface area contributed by atoms with Crippen molar-refractivity contribution in [1.29, 1.82) is 0 Å². The number of benzene rings is 1. The number of hydrogen-bond donors (Lipinski definition) is 2. The fourth-order valence-corrected chi connectivity index (χ4v) is 4.95. The van der Waals surface area contributed by atoms with Gasteiger partial charge in [-0.3, -0.25) is 9.59 Å². The van der Waals surface area contributed by atoms with E-state index in [1.165, 1.54) is 6.42 Å². The van der Waals surface area contributed by atoms with E-state index in [0.29, 0.717) is 48.7 Å². The molecule has 1 aromatic carbocycles. The summed E-state index contributed by atoms with van der Waals surface area (Å²) in [7, 11) is 0. The standard InChI is InChI=1S/C26H42N2O2/c1-17(2)15-23(27)26(30)28-24(20-9-7-6-8-10-20)13-14-25(29)22-16-19(5)11-12-21(22)18(3)4/h6-10,17-19,21-24H,11-16,27H2,1-5H3,(H,28,30)/t19-,21+,22-,23-,24-/m1/s1. The van der Waals surface area contributed by atoms with Gasteiger partial charge in [0.2, 0.25) is 5.91 Å². The SMILES string of the molecule is CC(C)C[C@@H](N)C(=O)N[C@H](CCC(=O)[C@@H]1C[C@H](C)CC[C@H]1C(C)C)c1ccccc1. The van der Waals surface area contributed by atoms with Gasteiger partial charge in [0.25, 0.3) is 0 Å². The zero-order valence-electron chi connectivity index (χ0n) is 19.6. The van der Waals surface area contributed by atoms with E-state index in [-0.39, 0.29) is 17.9 Å². The average molecular weight is 415 g/mol. The highest BCUT2D eigenvalue weighted by Gasteiger charge is 2.35. The van der Waals surface area contributed by atoms with Crippen LogP contribution in [0.3, 0.4) is 0 Å². The maximum absolute atomic E-state index is 13.2. The van der Waals surface area contributed by atoms with Crippen LogP contribution in [0.4, 0.5) is 0 Å². The Kier molecular flexibility index (Phi) is 9.54. The molecule has 4 nitrogen and oxygen atoms in total. The van der Waals surface area contributed by atoms with Crippen molar-refractivity contribution in [2.75, 3.05) is 0 Å². The molecule has 2 rings (SSSR count). The van der Waals surface area contributed by atoms with Gasteiger partial charge in [-0.1, -0.05) is 71.4 Å². The van der Waals surface area contributed by atoms with Crippen LogP contribution in [0.25, 0.3) is 0 Å². The van der Waals surface area contributed by atoms with E-state index in [0.717, 1.165) is 18.4 Å². The topological polar surface area (TPSA) is 72.2 Å². The van der Waals surface area contributed by atoms with E-state index in [1.54, 1.807) is 0 Å². The molecule has 1 aliphatic carbocycles. The minimum absolute atomic E-state index is 0.128. The second-order valence-corrected chi connectivity index (χ2v) is 10.1. The van der Waals surface area contributed by atoms with Crippen molar-refractivity contribution in [3.63, 3.8) is 0 Å². The number of ketones is 1. The molecular formula is C26H42N2O2. The lowest BCUT2D eigenvalue weighted by molar-refractivity contribution is -0.128. The summed E-state index contributed by atoms with van der Waals surface area (Å²) in [5.41, 5.74) is 7.14. The number of carbonyl (C=O) groups is 2. The van der Waals surface area contributed by atoms with Crippen LogP contribution in [-0.4, -0.2) is 17.7 Å². The monoisotopic (exact) mass is 414 g/mol. The van der Waals surface area contributed by atoms with Gasteiger partial charge in [0.05, 0.1) is 12.1 Å². The molecule has 0 unspecified atom stereocenters. The van der Waals surface area contributed by atoms with E-state index in [2.05, 4.69) is 39.9 Å². The number of nitrogens with two attached hydrogens (primary N) is 1. The Morgan fingerprint density at radius 1 is 1.10 bits per heavy atom. The third-order valence-electron chi connectivity index (χ3n) is 6.70. The minimum Gasteiger partial charge on any atom is -0.348 e. The average Bonchev–Trinajstić information content (AvgIpc) is 2.70. The predicted molar refractivity (Wildman–Crippen MR) is 124 cm³/mol. The lowest BCUT2D eigenvalue weighted by Gasteiger charge is -2.36. The van der Waals surface area contributed by atoms with Crippen molar-refractivity contribution in [2.24, 2.45) is 35.3 Å². The summed E-state index contributed by atoms with van der Waals surface area (Å²) in [5, 5.41) is 3.12. The fraction of sp³-hybridized carbons (Fsp3) is 0.692. The van der Waals surface area contributed by atoms with E-state index < -0.39 is 6.04 Å². The van der Waals surface area contributed by atoms with Crippen molar-refractivity contribution in [3.8, 4) is 0 Å². The number of rotatable bonds is 10. The molecule has 4 heteroatoms. The maximum Gasteiger partial charge on any atom is 0.237 e. The fourth-order valence-electron chi connectivity index (χ4n) is 4.95. The first kappa shape index (κ1) is 24.6. The summed E-state index contributed by atoms with van der Waals surface area (Å²) in [6.07, 6.45) is 5.16. The minimum atomic E-state index is -0.517. The van der Waals surface area contributed by atoms with Crippen molar-refractivity contribution in [3.05, 3.63) is 35.9 Å². The summed E-state index contributed by atoms with van der Waals surface area (Å²) in [4.78, 5) is 25.9. The quantitative estimate of drug-likeness (QED) is 0.547. The van der Waals surface area contributed by atoms with Gasteiger partial charge in [0.1, 0.15) is 5.78 Å². The lowest BCUT2D eigenvalue weighted by atomic mass is 9.68. The zero-order chi connectivity index (χ0) is 22.3. The van der Waals surface area contributed by atoms with Crippen LogP contribution < -0.4 is 11.1 Å². The summed E-state index contributed by atoms with van der Waals surface area (Å²) in [5.74, 6) is 2.39. The molecule has 0 aromatic heterocycles. The second kappa shape index (κ2) is 11.6. The number of Topliss-reactive ketones (excluding diaryl/α,β-unsaturated/α-hetero) is 1. The van der Waals surface area contributed by atoms with Gasteiger partial charge in [0, 0.05) is 12.3 Å². The molecule has 1 aliphatic rings. The molecule has 0 heterocycles. The smallest absolute Gasteiger partial charge is 0.237 e. The first-order chi connectivity index (χ1) is 14.2. The normalized spacial score (nSPS) is 23.9. The van der Waals surface area contributed by atoms with Crippen molar-refractivity contribution < 1.29 is 9.59 Å². The maximum atomic E-state index is 13.2. The van der Waals surface area contributed by atoms with Crippen LogP contribution >= 0.6 is 0 Å². The molecule has 168 valence electrons. The van der Waals surface area contributed by atoms with Crippen molar-refractivity contribution >= 4 is 11.7 Å². The molecule has 0 aliphatic heterocycles. The summed E-state index contributed by atoms with van der Waals surface area (Å²) in [6, 6.07) is 9.25.